The van der Waals surface area contributed by atoms with Crippen LogP contribution in [0.3, 0.4) is 0 Å². The van der Waals surface area contributed by atoms with Crippen LogP contribution in [0, 0.1) is 12.8 Å². The van der Waals surface area contributed by atoms with Crippen molar-refractivity contribution in [3.05, 3.63) is 50.8 Å². The first-order valence-corrected chi connectivity index (χ1v) is 13.1. The second-order valence-corrected chi connectivity index (χ2v) is 10.4. The van der Waals surface area contributed by atoms with Gasteiger partial charge in [-0.2, -0.15) is 5.10 Å². The van der Waals surface area contributed by atoms with Gasteiger partial charge in [0.05, 0.1) is 13.2 Å². The molecule has 5 rings (SSSR count). The van der Waals surface area contributed by atoms with Crippen LogP contribution in [0.5, 0.6) is 0 Å². The van der Waals surface area contributed by atoms with Crippen LogP contribution in [0.15, 0.2) is 12.1 Å². The molecule has 1 saturated heterocycles. The molecule has 7 nitrogen and oxygen atoms in total. The topological polar surface area (TPSA) is 73.7 Å². The number of methoxy groups -OCH3 is 1. The zero-order valence-electron chi connectivity index (χ0n) is 20.8. The molecule has 2 heterocycles. The summed E-state index contributed by atoms with van der Waals surface area (Å²) < 4.78 is 12.2. The van der Waals surface area contributed by atoms with Gasteiger partial charge in [-0.05, 0) is 80.4 Å². The number of hydrogen-bond donors (Lipinski definition) is 0. The number of nitrogens with zero attached hydrogens (tertiary/aromatic N) is 3. The lowest BCUT2D eigenvalue weighted by Crippen LogP contribution is -2.40. The number of rotatable bonds is 8. The SMILES string of the molecule is CCOC(=O)c1nn(CC(=O)N2CCC(c3ccc(CCOC)c(Cl)c3C)CC2)c2c1[C@@H]1C[C@@H]1C2. The fourth-order valence-electron chi connectivity index (χ4n) is 5.94. The standard InChI is InChI=1S/C27H34ClN3O4/c1-4-35-27(33)26-24-21-13-19(21)14-22(24)31(29-26)15-23(32)30-10-7-17(8-11-30)20-6-5-18(9-12-34-3)25(28)16(20)2/h5-6,17,19,21H,4,7-15H2,1-3H3/t19-,21-/m1/s1. The van der Waals surface area contributed by atoms with E-state index in [0.717, 1.165) is 59.5 Å². The van der Waals surface area contributed by atoms with E-state index in [0.29, 0.717) is 49.8 Å². The molecule has 0 bridgehead atoms. The highest BCUT2D eigenvalue weighted by atomic mass is 35.5. The molecule has 3 aliphatic rings. The fraction of sp³-hybridized carbons (Fsp3) is 0.593. The highest BCUT2D eigenvalue weighted by Gasteiger charge is 2.50. The molecule has 2 aliphatic carbocycles. The lowest BCUT2D eigenvalue weighted by Gasteiger charge is -2.33. The second kappa shape index (κ2) is 9.94. The molecule has 8 heteroatoms. The Balaban J connectivity index is 1.23. The van der Waals surface area contributed by atoms with Crippen LogP contribution in [0.25, 0.3) is 0 Å². The lowest BCUT2D eigenvalue weighted by atomic mass is 9.86. The maximum absolute atomic E-state index is 13.2. The van der Waals surface area contributed by atoms with Gasteiger partial charge in [0.25, 0.3) is 0 Å². The van der Waals surface area contributed by atoms with Crippen molar-refractivity contribution < 1.29 is 19.1 Å². The molecule has 0 radical (unpaired) electrons. The molecule has 2 aromatic rings. The Morgan fingerprint density at radius 3 is 2.71 bits per heavy atom. The molecule has 2 atom stereocenters. The number of aromatic nitrogens is 2. The Bertz CT molecular complexity index is 1140. The van der Waals surface area contributed by atoms with Crippen molar-refractivity contribution in [3.63, 3.8) is 0 Å². The fourth-order valence-corrected chi connectivity index (χ4v) is 6.21. The van der Waals surface area contributed by atoms with Crippen molar-refractivity contribution in [3.8, 4) is 0 Å². The molecule has 1 aromatic carbocycles. The minimum atomic E-state index is -0.370. The monoisotopic (exact) mass is 499 g/mol. The van der Waals surface area contributed by atoms with Crippen molar-refractivity contribution in [2.75, 3.05) is 33.4 Å². The van der Waals surface area contributed by atoms with Crippen LogP contribution < -0.4 is 0 Å². The lowest BCUT2D eigenvalue weighted by molar-refractivity contribution is -0.133. The summed E-state index contributed by atoms with van der Waals surface area (Å²) >= 11 is 6.66. The molecule has 1 amide bonds. The quantitative estimate of drug-likeness (QED) is 0.507. The normalized spacial score (nSPS) is 21.1. The number of hydrogen-bond acceptors (Lipinski definition) is 5. The summed E-state index contributed by atoms with van der Waals surface area (Å²) in [6.45, 7) is 6.48. The Morgan fingerprint density at radius 1 is 1.23 bits per heavy atom. The van der Waals surface area contributed by atoms with Crippen molar-refractivity contribution in [1.82, 2.24) is 14.7 Å². The second-order valence-electron chi connectivity index (χ2n) is 10.0. The summed E-state index contributed by atoms with van der Waals surface area (Å²) in [7, 11) is 1.70. The van der Waals surface area contributed by atoms with Crippen LogP contribution in [-0.4, -0.2) is 60.0 Å². The van der Waals surface area contributed by atoms with Crippen molar-refractivity contribution in [2.45, 2.75) is 64.3 Å². The van der Waals surface area contributed by atoms with E-state index in [-0.39, 0.29) is 18.4 Å². The van der Waals surface area contributed by atoms with E-state index in [4.69, 9.17) is 21.1 Å². The number of likely N-dealkylation sites (tertiary alicyclic amines) is 1. The highest BCUT2D eigenvalue weighted by Crippen LogP contribution is 2.57. The summed E-state index contributed by atoms with van der Waals surface area (Å²) in [5.74, 6) is 1.11. The first-order valence-electron chi connectivity index (χ1n) is 12.7. The van der Waals surface area contributed by atoms with Crippen LogP contribution >= 0.6 is 11.6 Å². The minimum Gasteiger partial charge on any atom is -0.461 e. The largest absolute Gasteiger partial charge is 0.461 e. The summed E-state index contributed by atoms with van der Waals surface area (Å²) in [5, 5.41) is 5.38. The smallest absolute Gasteiger partial charge is 0.359 e. The zero-order valence-corrected chi connectivity index (χ0v) is 21.6. The maximum atomic E-state index is 13.2. The first kappa shape index (κ1) is 24.3. The Kier molecular flexibility index (Phi) is 6.91. The number of halogens is 1. The number of piperidine rings is 1. The maximum Gasteiger partial charge on any atom is 0.359 e. The molecule has 35 heavy (non-hydrogen) atoms. The number of carbonyl (C=O) groups is 2. The van der Waals surface area contributed by atoms with Gasteiger partial charge in [0.2, 0.25) is 5.91 Å². The molecule has 1 aromatic heterocycles. The molecule has 188 valence electrons. The molecule has 1 saturated carbocycles. The molecule has 1 aliphatic heterocycles. The predicted molar refractivity (Wildman–Crippen MR) is 133 cm³/mol. The van der Waals surface area contributed by atoms with Gasteiger partial charge in [-0.25, -0.2) is 4.79 Å². The van der Waals surface area contributed by atoms with Gasteiger partial charge in [0.15, 0.2) is 5.69 Å². The molecule has 2 fully saturated rings. The van der Waals surface area contributed by atoms with Gasteiger partial charge < -0.3 is 14.4 Å². The third kappa shape index (κ3) is 4.60. The van der Waals surface area contributed by atoms with Gasteiger partial charge in [0, 0.05) is 36.5 Å². The van der Waals surface area contributed by atoms with E-state index in [9.17, 15) is 9.59 Å². The van der Waals surface area contributed by atoms with Gasteiger partial charge in [-0.1, -0.05) is 23.7 Å². The van der Waals surface area contributed by atoms with Gasteiger partial charge >= 0.3 is 5.97 Å². The predicted octanol–water partition coefficient (Wildman–Crippen LogP) is 4.28. The highest BCUT2D eigenvalue weighted by molar-refractivity contribution is 6.32. The minimum absolute atomic E-state index is 0.0643. The first-order chi connectivity index (χ1) is 16.9. The number of carbonyl (C=O) groups excluding carboxylic acids is 2. The molecule has 0 N–H and O–H groups in total. The number of benzene rings is 1. The van der Waals surface area contributed by atoms with Crippen LogP contribution in [0.1, 0.15) is 76.5 Å². The molecule has 0 unspecified atom stereocenters. The molecular formula is C27H34ClN3O4. The average molecular weight is 500 g/mol. The Labute approximate surface area is 211 Å². The van der Waals surface area contributed by atoms with Crippen molar-refractivity contribution >= 4 is 23.5 Å². The Hall–Kier alpha value is -2.38. The summed E-state index contributed by atoms with van der Waals surface area (Å²) in [6.07, 6.45) is 4.65. The average Bonchev–Trinajstić information content (AvgIpc) is 3.38. The number of fused-ring (bicyclic) bond motifs is 3. The van der Waals surface area contributed by atoms with Gasteiger partial charge in [-0.15, -0.1) is 0 Å². The van der Waals surface area contributed by atoms with Crippen molar-refractivity contribution in [2.24, 2.45) is 5.92 Å². The third-order valence-electron chi connectivity index (χ3n) is 7.97. The van der Waals surface area contributed by atoms with E-state index in [1.807, 2.05) is 4.90 Å². The third-order valence-corrected chi connectivity index (χ3v) is 8.50. The van der Waals surface area contributed by atoms with Crippen molar-refractivity contribution in [1.29, 1.82) is 0 Å². The van der Waals surface area contributed by atoms with Crippen LogP contribution in [0.2, 0.25) is 5.02 Å². The Morgan fingerprint density at radius 2 is 2.00 bits per heavy atom. The summed E-state index contributed by atoms with van der Waals surface area (Å²) in [6, 6.07) is 4.31. The van der Waals surface area contributed by atoms with E-state index < -0.39 is 0 Å². The molecular weight excluding hydrogens is 466 g/mol. The zero-order chi connectivity index (χ0) is 24.7. The number of amides is 1. The number of ether oxygens (including phenoxy) is 2. The van der Waals surface area contributed by atoms with Crippen LogP contribution in [-0.2, 0) is 33.7 Å². The molecule has 0 spiro atoms. The van der Waals surface area contributed by atoms with E-state index in [2.05, 4.69) is 24.2 Å². The van der Waals surface area contributed by atoms with E-state index >= 15 is 0 Å². The van der Waals surface area contributed by atoms with Gasteiger partial charge in [-0.3, -0.25) is 9.48 Å². The number of esters is 1. The van der Waals surface area contributed by atoms with E-state index in [1.54, 1.807) is 18.7 Å². The van der Waals surface area contributed by atoms with Crippen LogP contribution in [0.4, 0.5) is 0 Å². The van der Waals surface area contributed by atoms with Gasteiger partial charge in [0.1, 0.15) is 6.54 Å². The summed E-state index contributed by atoms with van der Waals surface area (Å²) in [5.41, 5.74) is 6.04. The summed E-state index contributed by atoms with van der Waals surface area (Å²) in [4.78, 5) is 27.6. The van der Waals surface area contributed by atoms with E-state index in [1.165, 1.54) is 5.56 Å².